The van der Waals surface area contributed by atoms with Crippen LogP contribution in [0.3, 0.4) is 0 Å². The SMILES string of the molecule is Cc1cn(C)nc1CN1CCN(CCO)CC1. The van der Waals surface area contributed by atoms with E-state index < -0.39 is 0 Å². The first-order valence-electron chi connectivity index (χ1n) is 6.23. The first-order valence-corrected chi connectivity index (χ1v) is 6.23. The van der Waals surface area contributed by atoms with Crippen molar-refractivity contribution in [2.75, 3.05) is 39.3 Å². The third-order valence-electron chi connectivity index (χ3n) is 3.37. The van der Waals surface area contributed by atoms with Crippen LogP contribution in [0.25, 0.3) is 0 Å². The van der Waals surface area contributed by atoms with Gasteiger partial charge in [-0.2, -0.15) is 5.10 Å². The van der Waals surface area contributed by atoms with Crippen molar-refractivity contribution >= 4 is 0 Å². The maximum absolute atomic E-state index is 8.89. The molecular weight excluding hydrogens is 216 g/mol. The molecule has 1 aromatic heterocycles. The highest BCUT2D eigenvalue weighted by Gasteiger charge is 2.17. The number of hydrogen-bond donors (Lipinski definition) is 1. The molecule has 2 rings (SSSR count). The van der Waals surface area contributed by atoms with Crippen LogP contribution in [0.2, 0.25) is 0 Å². The molecule has 0 amide bonds. The van der Waals surface area contributed by atoms with E-state index in [2.05, 4.69) is 28.0 Å². The van der Waals surface area contributed by atoms with Gasteiger partial charge in [0.2, 0.25) is 0 Å². The van der Waals surface area contributed by atoms with Crippen LogP contribution in [0.4, 0.5) is 0 Å². The lowest BCUT2D eigenvalue weighted by Crippen LogP contribution is -2.46. The normalized spacial score (nSPS) is 18.8. The highest BCUT2D eigenvalue weighted by molar-refractivity contribution is 5.14. The van der Waals surface area contributed by atoms with Gasteiger partial charge in [0.15, 0.2) is 0 Å². The van der Waals surface area contributed by atoms with Gasteiger partial charge in [0, 0.05) is 52.5 Å². The second kappa shape index (κ2) is 5.62. The van der Waals surface area contributed by atoms with E-state index in [-0.39, 0.29) is 6.61 Å². The first-order chi connectivity index (χ1) is 8.19. The van der Waals surface area contributed by atoms with Gasteiger partial charge in [-0.1, -0.05) is 0 Å². The predicted molar refractivity (Wildman–Crippen MR) is 66.7 cm³/mol. The van der Waals surface area contributed by atoms with Gasteiger partial charge in [0.1, 0.15) is 0 Å². The van der Waals surface area contributed by atoms with Crippen LogP contribution in [0.15, 0.2) is 6.20 Å². The van der Waals surface area contributed by atoms with Gasteiger partial charge >= 0.3 is 0 Å². The number of hydrogen-bond acceptors (Lipinski definition) is 4. The molecule has 1 aromatic rings. The zero-order valence-corrected chi connectivity index (χ0v) is 10.8. The lowest BCUT2D eigenvalue weighted by atomic mass is 10.2. The number of β-amino-alcohol motifs (C(OH)–C–C–N with tert-alkyl or cyclic N) is 1. The number of piperazine rings is 1. The van der Waals surface area contributed by atoms with Crippen molar-refractivity contribution in [3.8, 4) is 0 Å². The van der Waals surface area contributed by atoms with Crippen LogP contribution in [-0.2, 0) is 13.6 Å². The van der Waals surface area contributed by atoms with Crippen molar-refractivity contribution in [1.82, 2.24) is 19.6 Å². The average Bonchev–Trinajstić information content (AvgIpc) is 2.61. The molecule has 1 N–H and O–H groups in total. The summed E-state index contributed by atoms with van der Waals surface area (Å²) in [6.07, 6.45) is 2.07. The largest absolute Gasteiger partial charge is 0.395 e. The Balaban J connectivity index is 1.84. The van der Waals surface area contributed by atoms with Crippen LogP contribution >= 0.6 is 0 Å². The van der Waals surface area contributed by atoms with Crippen molar-refractivity contribution in [3.05, 3.63) is 17.5 Å². The highest BCUT2D eigenvalue weighted by atomic mass is 16.3. The summed E-state index contributed by atoms with van der Waals surface area (Å²) < 4.78 is 1.88. The minimum absolute atomic E-state index is 0.263. The fourth-order valence-electron chi connectivity index (χ4n) is 2.33. The molecule has 0 aliphatic carbocycles. The Kier molecular flexibility index (Phi) is 4.15. The van der Waals surface area contributed by atoms with Crippen LogP contribution < -0.4 is 0 Å². The number of aliphatic hydroxyl groups excluding tert-OH is 1. The van der Waals surface area contributed by atoms with Crippen LogP contribution in [0.5, 0.6) is 0 Å². The number of aliphatic hydroxyl groups is 1. The van der Waals surface area contributed by atoms with Gasteiger partial charge in [0.25, 0.3) is 0 Å². The first kappa shape index (κ1) is 12.5. The molecule has 5 heteroatoms. The average molecular weight is 238 g/mol. The van der Waals surface area contributed by atoms with E-state index in [1.807, 2.05) is 11.7 Å². The number of aryl methyl sites for hydroxylation is 2. The highest BCUT2D eigenvalue weighted by Crippen LogP contribution is 2.10. The fourth-order valence-corrected chi connectivity index (χ4v) is 2.33. The summed E-state index contributed by atoms with van der Waals surface area (Å²) in [4.78, 5) is 4.74. The van der Waals surface area contributed by atoms with E-state index in [9.17, 15) is 0 Å². The molecule has 0 atom stereocenters. The lowest BCUT2D eigenvalue weighted by molar-refractivity contribution is 0.107. The zero-order chi connectivity index (χ0) is 12.3. The van der Waals surface area contributed by atoms with E-state index in [4.69, 9.17) is 5.11 Å². The topological polar surface area (TPSA) is 44.5 Å². The standard InChI is InChI=1S/C12H22N4O/c1-11-9-14(2)13-12(11)10-16-5-3-15(4-6-16)7-8-17/h9,17H,3-8,10H2,1-2H3. The van der Waals surface area contributed by atoms with E-state index in [0.29, 0.717) is 0 Å². The van der Waals surface area contributed by atoms with Crippen LogP contribution in [0, 0.1) is 6.92 Å². The Morgan fingerprint density at radius 1 is 1.24 bits per heavy atom. The van der Waals surface area contributed by atoms with E-state index in [1.54, 1.807) is 0 Å². The van der Waals surface area contributed by atoms with Crippen molar-refractivity contribution in [2.24, 2.45) is 7.05 Å². The molecule has 17 heavy (non-hydrogen) atoms. The molecule has 5 nitrogen and oxygen atoms in total. The van der Waals surface area contributed by atoms with E-state index in [1.165, 1.54) is 11.3 Å². The van der Waals surface area contributed by atoms with E-state index >= 15 is 0 Å². The van der Waals surface area contributed by atoms with Crippen molar-refractivity contribution < 1.29 is 5.11 Å². The molecule has 0 bridgehead atoms. The molecular formula is C12H22N4O. The summed E-state index contributed by atoms with van der Waals surface area (Å²) >= 11 is 0. The Morgan fingerprint density at radius 3 is 2.41 bits per heavy atom. The van der Waals surface area contributed by atoms with Gasteiger partial charge in [-0.15, -0.1) is 0 Å². The molecule has 1 saturated heterocycles. The number of rotatable bonds is 4. The summed E-state index contributed by atoms with van der Waals surface area (Å²) in [6.45, 7) is 8.35. The number of nitrogens with zero attached hydrogens (tertiary/aromatic N) is 4. The molecule has 0 unspecified atom stereocenters. The van der Waals surface area contributed by atoms with Crippen molar-refractivity contribution in [1.29, 1.82) is 0 Å². The lowest BCUT2D eigenvalue weighted by Gasteiger charge is -2.33. The summed E-state index contributed by atoms with van der Waals surface area (Å²) in [7, 11) is 1.97. The third kappa shape index (κ3) is 3.28. The Morgan fingerprint density at radius 2 is 1.88 bits per heavy atom. The Labute approximate surface area is 103 Å². The van der Waals surface area contributed by atoms with Crippen molar-refractivity contribution in [3.63, 3.8) is 0 Å². The Bertz CT molecular complexity index is 355. The molecule has 96 valence electrons. The smallest absolute Gasteiger partial charge is 0.0793 e. The minimum atomic E-state index is 0.263. The minimum Gasteiger partial charge on any atom is -0.395 e. The summed E-state index contributed by atoms with van der Waals surface area (Å²) in [5.41, 5.74) is 2.45. The third-order valence-corrected chi connectivity index (χ3v) is 3.37. The van der Waals surface area contributed by atoms with Gasteiger partial charge in [-0.05, 0) is 12.5 Å². The van der Waals surface area contributed by atoms with Crippen LogP contribution in [0.1, 0.15) is 11.3 Å². The number of aromatic nitrogens is 2. The quantitative estimate of drug-likeness (QED) is 0.791. The van der Waals surface area contributed by atoms with Crippen LogP contribution in [-0.4, -0.2) is 64.0 Å². The molecule has 0 radical (unpaired) electrons. The second-order valence-electron chi connectivity index (χ2n) is 4.77. The maximum atomic E-state index is 8.89. The summed E-state index contributed by atoms with van der Waals surface area (Å²) in [5, 5.41) is 13.4. The molecule has 0 aromatic carbocycles. The maximum Gasteiger partial charge on any atom is 0.0793 e. The molecule has 2 heterocycles. The summed E-state index contributed by atoms with van der Waals surface area (Å²) in [6, 6.07) is 0. The van der Waals surface area contributed by atoms with Gasteiger partial charge in [-0.3, -0.25) is 14.5 Å². The van der Waals surface area contributed by atoms with E-state index in [0.717, 1.165) is 39.3 Å². The summed E-state index contributed by atoms with van der Waals surface area (Å²) in [5.74, 6) is 0. The van der Waals surface area contributed by atoms with Crippen molar-refractivity contribution in [2.45, 2.75) is 13.5 Å². The Hall–Kier alpha value is -0.910. The fraction of sp³-hybridized carbons (Fsp3) is 0.750. The molecule has 0 saturated carbocycles. The van der Waals surface area contributed by atoms with Gasteiger partial charge < -0.3 is 5.11 Å². The molecule has 1 aliphatic heterocycles. The second-order valence-corrected chi connectivity index (χ2v) is 4.77. The predicted octanol–water partition coefficient (Wildman–Crippen LogP) is -0.162. The molecule has 1 fully saturated rings. The van der Waals surface area contributed by atoms with Gasteiger partial charge in [-0.25, -0.2) is 0 Å². The molecule has 0 spiro atoms. The van der Waals surface area contributed by atoms with Gasteiger partial charge in [0.05, 0.1) is 12.3 Å². The zero-order valence-electron chi connectivity index (χ0n) is 10.8. The molecule has 1 aliphatic rings. The monoisotopic (exact) mass is 238 g/mol.